The summed E-state index contributed by atoms with van der Waals surface area (Å²) in [5, 5.41) is 6.02. The third-order valence-corrected chi connectivity index (χ3v) is 5.76. The van der Waals surface area contributed by atoms with Gasteiger partial charge in [-0.1, -0.05) is 17.7 Å². The summed E-state index contributed by atoms with van der Waals surface area (Å²) >= 11 is 8.00. The predicted molar refractivity (Wildman–Crippen MR) is 110 cm³/mol. The van der Waals surface area contributed by atoms with E-state index in [-0.39, 0.29) is 5.82 Å². The normalized spacial score (nSPS) is 14.2. The molecule has 0 saturated heterocycles. The molecule has 148 valence electrons. The Morgan fingerprint density at radius 2 is 1.97 bits per heavy atom. The number of aromatic nitrogens is 2. The van der Waals surface area contributed by atoms with Gasteiger partial charge in [0.15, 0.2) is 5.13 Å². The zero-order chi connectivity index (χ0) is 20.4. The summed E-state index contributed by atoms with van der Waals surface area (Å²) in [6, 6.07) is 6.60. The highest BCUT2D eigenvalue weighted by molar-refractivity contribution is 7.13. The molecule has 0 saturated carbocycles. The summed E-state index contributed by atoms with van der Waals surface area (Å²) in [5.74, 6) is -2.57. The lowest BCUT2D eigenvalue weighted by Gasteiger charge is -2.28. The molecule has 3 aromatic rings. The Morgan fingerprint density at radius 3 is 2.62 bits per heavy atom. The van der Waals surface area contributed by atoms with E-state index in [2.05, 4.69) is 20.2 Å². The van der Waals surface area contributed by atoms with Crippen molar-refractivity contribution < 1.29 is 13.6 Å². The fourth-order valence-corrected chi connectivity index (χ4v) is 3.99. The minimum Gasteiger partial charge on any atom is -0.343 e. The van der Waals surface area contributed by atoms with Crippen molar-refractivity contribution in [2.75, 3.05) is 23.3 Å². The molecule has 0 radical (unpaired) electrons. The van der Waals surface area contributed by atoms with E-state index in [0.29, 0.717) is 13.0 Å². The standard InChI is InChI=1S/C20H15ClF2N4OS/c21-14-6-8-27(20-24-7-9-29-20)11-13(14)12-4-5-17(25-10-12)26-19(28)18-15(22)2-1-3-16(18)23/h1-5,7,9-10H,6,8,11H2,(H,25,26,28). The number of thiazole rings is 1. The molecule has 0 fully saturated rings. The van der Waals surface area contributed by atoms with Crippen LogP contribution in [0.15, 0.2) is 53.1 Å². The molecule has 0 atom stereocenters. The maximum absolute atomic E-state index is 13.8. The van der Waals surface area contributed by atoms with Crippen LogP contribution in [-0.2, 0) is 0 Å². The Morgan fingerprint density at radius 1 is 1.17 bits per heavy atom. The fourth-order valence-electron chi connectivity index (χ4n) is 3.06. The van der Waals surface area contributed by atoms with Crippen LogP contribution in [0.25, 0.3) is 5.57 Å². The Balaban J connectivity index is 1.51. The second-order valence-corrected chi connectivity index (χ2v) is 7.68. The highest BCUT2D eigenvalue weighted by Gasteiger charge is 2.22. The SMILES string of the molecule is O=C(Nc1ccc(C2=C(Cl)CCN(c3nccs3)C2)cn1)c1c(F)cccc1F. The van der Waals surface area contributed by atoms with Gasteiger partial charge in [0.25, 0.3) is 5.91 Å². The molecule has 1 N–H and O–H groups in total. The van der Waals surface area contributed by atoms with Crippen molar-refractivity contribution in [3.8, 4) is 0 Å². The second-order valence-electron chi connectivity index (χ2n) is 6.35. The van der Waals surface area contributed by atoms with Crippen LogP contribution in [-0.4, -0.2) is 29.0 Å². The number of carbonyl (C=O) groups excluding carboxylic acids is 1. The van der Waals surface area contributed by atoms with Gasteiger partial charge in [-0.25, -0.2) is 18.7 Å². The van der Waals surface area contributed by atoms with Gasteiger partial charge in [-0.05, 0) is 35.4 Å². The lowest BCUT2D eigenvalue weighted by atomic mass is 10.0. The molecule has 1 aliphatic heterocycles. The van der Waals surface area contributed by atoms with Gasteiger partial charge < -0.3 is 10.2 Å². The van der Waals surface area contributed by atoms with Gasteiger partial charge in [-0.2, -0.15) is 0 Å². The van der Waals surface area contributed by atoms with Crippen molar-refractivity contribution in [3.05, 3.63) is 75.9 Å². The van der Waals surface area contributed by atoms with Crippen LogP contribution in [0.1, 0.15) is 22.3 Å². The van der Waals surface area contributed by atoms with Crippen molar-refractivity contribution in [2.24, 2.45) is 0 Å². The van der Waals surface area contributed by atoms with Crippen LogP contribution in [0.5, 0.6) is 0 Å². The zero-order valence-corrected chi connectivity index (χ0v) is 16.6. The van der Waals surface area contributed by atoms with Gasteiger partial charge in [0.2, 0.25) is 0 Å². The molecule has 3 heterocycles. The number of rotatable bonds is 4. The fraction of sp³-hybridized carbons (Fsp3) is 0.150. The Labute approximate surface area is 174 Å². The first kappa shape index (κ1) is 19.5. The van der Waals surface area contributed by atoms with Crippen molar-refractivity contribution >= 4 is 45.4 Å². The molecule has 0 aliphatic carbocycles. The molecular weight excluding hydrogens is 418 g/mol. The zero-order valence-electron chi connectivity index (χ0n) is 15.0. The van der Waals surface area contributed by atoms with Crippen molar-refractivity contribution in [1.29, 1.82) is 0 Å². The summed E-state index contributed by atoms with van der Waals surface area (Å²) in [5.41, 5.74) is 1.10. The summed E-state index contributed by atoms with van der Waals surface area (Å²) in [4.78, 5) is 22.9. The average Bonchev–Trinajstić information content (AvgIpc) is 3.24. The van der Waals surface area contributed by atoms with Crippen molar-refractivity contribution in [3.63, 3.8) is 0 Å². The molecule has 9 heteroatoms. The summed E-state index contributed by atoms with van der Waals surface area (Å²) in [7, 11) is 0. The van der Waals surface area contributed by atoms with Crippen molar-refractivity contribution in [2.45, 2.75) is 6.42 Å². The van der Waals surface area contributed by atoms with Gasteiger partial charge in [0.1, 0.15) is 23.0 Å². The molecule has 1 aromatic carbocycles. The molecule has 1 amide bonds. The number of hydrogen-bond donors (Lipinski definition) is 1. The highest BCUT2D eigenvalue weighted by atomic mass is 35.5. The van der Waals surface area contributed by atoms with E-state index in [1.54, 1.807) is 35.9 Å². The molecule has 2 aromatic heterocycles. The molecule has 29 heavy (non-hydrogen) atoms. The van der Waals surface area contributed by atoms with E-state index in [0.717, 1.165) is 40.0 Å². The molecule has 0 bridgehead atoms. The van der Waals surface area contributed by atoms with Gasteiger partial charge in [0, 0.05) is 42.3 Å². The first-order valence-corrected chi connectivity index (χ1v) is 10.0. The van der Waals surface area contributed by atoms with Crippen LogP contribution in [0.3, 0.4) is 0 Å². The summed E-state index contributed by atoms with van der Waals surface area (Å²) in [6.45, 7) is 1.38. The number of amides is 1. The van der Waals surface area contributed by atoms with E-state index in [4.69, 9.17) is 11.6 Å². The Kier molecular flexibility index (Phi) is 5.55. The van der Waals surface area contributed by atoms with Crippen LogP contribution in [0, 0.1) is 11.6 Å². The van der Waals surface area contributed by atoms with E-state index in [1.807, 2.05) is 5.38 Å². The van der Waals surface area contributed by atoms with Crippen LogP contribution >= 0.6 is 22.9 Å². The lowest BCUT2D eigenvalue weighted by Crippen LogP contribution is -2.30. The number of anilines is 2. The summed E-state index contributed by atoms with van der Waals surface area (Å²) in [6.07, 6.45) is 4.04. The number of nitrogens with one attached hydrogen (secondary N) is 1. The van der Waals surface area contributed by atoms with Gasteiger partial charge in [0.05, 0.1) is 0 Å². The van der Waals surface area contributed by atoms with Gasteiger partial charge in [-0.3, -0.25) is 4.79 Å². The molecule has 0 spiro atoms. The number of benzene rings is 1. The van der Waals surface area contributed by atoms with Crippen LogP contribution < -0.4 is 10.2 Å². The third kappa shape index (κ3) is 4.13. The lowest BCUT2D eigenvalue weighted by molar-refractivity contribution is 0.101. The number of halogens is 3. The highest BCUT2D eigenvalue weighted by Crippen LogP contribution is 2.32. The van der Waals surface area contributed by atoms with Gasteiger partial charge >= 0.3 is 0 Å². The molecule has 0 unspecified atom stereocenters. The second kappa shape index (κ2) is 8.26. The van der Waals surface area contributed by atoms with Crippen molar-refractivity contribution in [1.82, 2.24) is 9.97 Å². The molecule has 5 nitrogen and oxygen atoms in total. The van der Waals surface area contributed by atoms with E-state index in [9.17, 15) is 13.6 Å². The topological polar surface area (TPSA) is 58.1 Å². The number of carbonyl (C=O) groups is 1. The van der Waals surface area contributed by atoms with Gasteiger partial charge in [-0.15, -0.1) is 11.3 Å². The number of hydrogen-bond acceptors (Lipinski definition) is 5. The van der Waals surface area contributed by atoms with E-state index < -0.39 is 23.1 Å². The Bertz CT molecular complexity index is 1050. The first-order valence-electron chi connectivity index (χ1n) is 8.76. The predicted octanol–water partition coefficient (Wildman–Crippen LogP) is 4.93. The first-order chi connectivity index (χ1) is 14.0. The largest absolute Gasteiger partial charge is 0.343 e. The maximum atomic E-state index is 13.8. The molecular formula is C20H15ClF2N4OS. The summed E-state index contributed by atoms with van der Waals surface area (Å²) < 4.78 is 27.5. The Hall–Kier alpha value is -2.84. The average molecular weight is 433 g/mol. The monoisotopic (exact) mass is 432 g/mol. The van der Waals surface area contributed by atoms with E-state index in [1.165, 1.54) is 6.07 Å². The van der Waals surface area contributed by atoms with E-state index >= 15 is 0 Å². The maximum Gasteiger partial charge on any atom is 0.262 e. The third-order valence-electron chi connectivity index (χ3n) is 4.51. The minimum absolute atomic E-state index is 0.186. The quantitative estimate of drug-likeness (QED) is 0.635. The smallest absolute Gasteiger partial charge is 0.262 e. The molecule has 4 rings (SSSR count). The van der Waals surface area contributed by atoms with Crippen LogP contribution in [0.4, 0.5) is 19.7 Å². The minimum atomic E-state index is -0.930. The molecule has 1 aliphatic rings. The number of nitrogens with zero attached hydrogens (tertiary/aromatic N) is 3. The number of pyridine rings is 1. The van der Waals surface area contributed by atoms with Crippen LogP contribution in [0.2, 0.25) is 0 Å².